The quantitative estimate of drug-likeness (QED) is 0.742. The Morgan fingerprint density at radius 2 is 2.05 bits per heavy atom. The molecular formula is C15H10F2N2O2S. The highest BCUT2D eigenvalue weighted by atomic mass is 32.2. The van der Waals surface area contributed by atoms with E-state index in [0.717, 1.165) is 17.8 Å². The average molecular weight is 320 g/mol. The van der Waals surface area contributed by atoms with Gasteiger partial charge in [0.05, 0.1) is 11.4 Å². The van der Waals surface area contributed by atoms with Gasteiger partial charge in [-0.1, -0.05) is 23.9 Å². The fourth-order valence-electron chi connectivity index (χ4n) is 1.82. The summed E-state index contributed by atoms with van der Waals surface area (Å²) in [6, 6.07) is 10.2. The lowest BCUT2D eigenvalue weighted by molar-refractivity contribution is -0.113. The minimum Gasteiger partial charge on any atom is -0.431 e. The largest absolute Gasteiger partial charge is 0.431 e. The van der Waals surface area contributed by atoms with Gasteiger partial charge in [0.2, 0.25) is 5.91 Å². The first-order chi connectivity index (χ1) is 10.6. The fraction of sp³-hybridized carbons (Fsp3) is 0.0667. The van der Waals surface area contributed by atoms with Crippen LogP contribution in [-0.4, -0.2) is 16.6 Å². The van der Waals surface area contributed by atoms with Crippen molar-refractivity contribution >= 4 is 34.5 Å². The van der Waals surface area contributed by atoms with Crippen molar-refractivity contribution in [3.05, 3.63) is 54.1 Å². The summed E-state index contributed by atoms with van der Waals surface area (Å²) in [6.07, 6.45) is 0. The lowest BCUT2D eigenvalue weighted by Gasteiger charge is -2.05. The molecule has 0 aliphatic carbocycles. The summed E-state index contributed by atoms with van der Waals surface area (Å²) in [5, 5.41) is 2.73. The van der Waals surface area contributed by atoms with Crippen LogP contribution in [0.15, 0.2) is 52.1 Å². The number of thioether (sulfide) groups is 1. The number of benzene rings is 2. The van der Waals surface area contributed by atoms with Crippen LogP contribution in [0.2, 0.25) is 0 Å². The number of nitrogens with one attached hydrogen (secondary N) is 1. The molecule has 7 heteroatoms. The standard InChI is InChI=1S/C15H10F2N2O2S/c16-9-5-6-11(10(17)7-9)18-14(20)8-22-15-19-12-3-1-2-4-13(12)21-15/h1-7H,8H2,(H,18,20). The van der Waals surface area contributed by atoms with Crippen molar-refractivity contribution in [1.82, 2.24) is 4.98 Å². The zero-order valence-corrected chi connectivity index (χ0v) is 12.0. The Bertz CT molecular complexity index is 802. The van der Waals surface area contributed by atoms with Crippen molar-refractivity contribution in [2.24, 2.45) is 0 Å². The predicted octanol–water partition coefficient (Wildman–Crippen LogP) is 3.84. The molecule has 22 heavy (non-hydrogen) atoms. The SMILES string of the molecule is O=C(CSc1nc2ccccc2o1)Nc1ccc(F)cc1F. The third-order valence-electron chi connectivity index (χ3n) is 2.81. The molecule has 0 bridgehead atoms. The van der Waals surface area contributed by atoms with Crippen molar-refractivity contribution in [1.29, 1.82) is 0 Å². The van der Waals surface area contributed by atoms with Crippen molar-refractivity contribution in [3.63, 3.8) is 0 Å². The molecule has 3 aromatic rings. The highest BCUT2D eigenvalue weighted by Crippen LogP contribution is 2.23. The molecule has 0 unspecified atom stereocenters. The molecule has 2 aromatic carbocycles. The third kappa shape index (κ3) is 3.25. The molecule has 0 aliphatic rings. The molecule has 0 spiro atoms. The Hall–Kier alpha value is -2.41. The zero-order valence-electron chi connectivity index (χ0n) is 11.2. The predicted molar refractivity (Wildman–Crippen MR) is 79.7 cm³/mol. The molecule has 3 rings (SSSR count). The van der Waals surface area contributed by atoms with Crippen LogP contribution in [0, 0.1) is 11.6 Å². The number of hydrogen-bond acceptors (Lipinski definition) is 4. The molecule has 112 valence electrons. The van der Waals surface area contributed by atoms with Crippen LogP contribution in [-0.2, 0) is 4.79 Å². The van der Waals surface area contributed by atoms with Crippen LogP contribution in [0.4, 0.5) is 14.5 Å². The number of hydrogen-bond donors (Lipinski definition) is 1. The lowest BCUT2D eigenvalue weighted by atomic mass is 10.3. The van der Waals surface area contributed by atoms with Gasteiger partial charge in [-0.05, 0) is 24.3 Å². The van der Waals surface area contributed by atoms with Crippen LogP contribution < -0.4 is 5.32 Å². The summed E-state index contributed by atoms with van der Waals surface area (Å²) in [5.74, 6) is -1.95. The Morgan fingerprint density at radius 3 is 2.82 bits per heavy atom. The van der Waals surface area contributed by atoms with Gasteiger partial charge in [0, 0.05) is 6.07 Å². The van der Waals surface area contributed by atoms with Crippen molar-refractivity contribution < 1.29 is 18.0 Å². The Labute approximate surface area is 128 Å². The van der Waals surface area contributed by atoms with E-state index in [-0.39, 0.29) is 11.4 Å². The highest BCUT2D eigenvalue weighted by molar-refractivity contribution is 7.99. The van der Waals surface area contributed by atoms with Gasteiger partial charge in [-0.15, -0.1) is 0 Å². The van der Waals surface area contributed by atoms with Gasteiger partial charge in [0.15, 0.2) is 5.58 Å². The molecular weight excluding hydrogens is 310 g/mol. The summed E-state index contributed by atoms with van der Waals surface area (Å²) in [5.41, 5.74) is 1.27. The van der Waals surface area contributed by atoms with Gasteiger partial charge >= 0.3 is 0 Å². The summed E-state index contributed by atoms with van der Waals surface area (Å²) >= 11 is 1.10. The van der Waals surface area contributed by atoms with Crippen LogP contribution >= 0.6 is 11.8 Å². The number of rotatable bonds is 4. The topological polar surface area (TPSA) is 55.1 Å². The first kappa shape index (κ1) is 14.5. The number of amides is 1. The van der Waals surface area contributed by atoms with E-state index in [1.54, 1.807) is 12.1 Å². The molecule has 1 amide bonds. The molecule has 1 N–H and O–H groups in total. The van der Waals surface area contributed by atoms with E-state index in [4.69, 9.17) is 4.42 Å². The first-order valence-electron chi connectivity index (χ1n) is 6.35. The number of anilines is 1. The van der Waals surface area contributed by atoms with Crippen LogP contribution in [0.1, 0.15) is 0 Å². The number of fused-ring (bicyclic) bond motifs is 1. The summed E-state index contributed by atoms with van der Waals surface area (Å²) < 4.78 is 31.7. The van der Waals surface area contributed by atoms with Crippen LogP contribution in [0.3, 0.4) is 0 Å². The first-order valence-corrected chi connectivity index (χ1v) is 7.33. The minimum absolute atomic E-state index is 0.00361. The third-order valence-corrected chi connectivity index (χ3v) is 3.63. The van der Waals surface area contributed by atoms with Crippen LogP contribution in [0.25, 0.3) is 11.1 Å². The second-order valence-corrected chi connectivity index (χ2v) is 5.34. The minimum atomic E-state index is -0.819. The van der Waals surface area contributed by atoms with E-state index >= 15 is 0 Å². The molecule has 0 atom stereocenters. The summed E-state index contributed by atoms with van der Waals surface area (Å²) in [6.45, 7) is 0. The van der Waals surface area contributed by atoms with Gasteiger partial charge in [-0.25, -0.2) is 13.8 Å². The molecule has 0 aliphatic heterocycles. The number of carbonyl (C=O) groups is 1. The second kappa shape index (κ2) is 6.15. The van der Waals surface area contributed by atoms with Gasteiger partial charge in [-0.2, -0.15) is 0 Å². The van der Waals surface area contributed by atoms with E-state index in [1.165, 1.54) is 6.07 Å². The van der Waals surface area contributed by atoms with Gasteiger partial charge in [-0.3, -0.25) is 4.79 Å². The Kier molecular flexibility index (Phi) is 4.06. The maximum atomic E-state index is 13.4. The van der Waals surface area contributed by atoms with Crippen molar-refractivity contribution in [2.45, 2.75) is 5.22 Å². The number of aromatic nitrogens is 1. The van der Waals surface area contributed by atoms with E-state index in [0.29, 0.717) is 22.4 Å². The van der Waals surface area contributed by atoms with E-state index in [2.05, 4.69) is 10.3 Å². The normalized spacial score (nSPS) is 10.8. The average Bonchev–Trinajstić information content (AvgIpc) is 2.91. The molecule has 0 saturated carbocycles. The monoisotopic (exact) mass is 320 g/mol. The summed E-state index contributed by atoms with van der Waals surface area (Å²) in [4.78, 5) is 16.0. The van der Waals surface area contributed by atoms with Gasteiger partial charge in [0.25, 0.3) is 5.22 Å². The number of nitrogens with zero attached hydrogens (tertiary/aromatic N) is 1. The maximum Gasteiger partial charge on any atom is 0.257 e. The smallest absolute Gasteiger partial charge is 0.257 e. The van der Waals surface area contributed by atoms with Crippen LogP contribution in [0.5, 0.6) is 0 Å². The molecule has 1 aromatic heterocycles. The Balaban J connectivity index is 1.62. The van der Waals surface area contributed by atoms with Gasteiger partial charge in [0.1, 0.15) is 17.2 Å². The summed E-state index contributed by atoms with van der Waals surface area (Å²) in [7, 11) is 0. The maximum absolute atomic E-state index is 13.4. The number of halogens is 2. The molecule has 0 saturated heterocycles. The molecule has 0 fully saturated rings. The zero-order chi connectivity index (χ0) is 15.5. The van der Waals surface area contributed by atoms with Crippen molar-refractivity contribution in [3.8, 4) is 0 Å². The second-order valence-electron chi connectivity index (χ2n) is 4.41. The Morgan fingerprint density at radius 1 is 1.23 bits per heavy atom. The number of oxazole rings is 1. The van der Waals surface area contributed by atoms with E-state index in [9.17, 15) is 13.6 Å². The number of carbonyl (C=O) groups excluding carboxylic acids is 1. The number of para-hydroxylation sites is 2. The molecule has 1 heterocycles. The van der Waals surface area contributed by atoms with Crippen molar-refractivity contribution in [2.75, 3.05) is 11.1 Å². The fourth-order valence-corrected chi connectivity index (χ4v) is 2.46. The van der Waals surface area contributed by atoms with Gasteiger partial charge < -0.3 is 9.73 Å². The lowest BCUT2D eigenvalue weighted by Crippen LogP contribution is -2.15. The van der Waals surface area contributed by atoms with E-state index in [1.807, 2.05) is 12.1 Å². The highest BCUT2D eigenvalue weighted by Gasteiger charge is 2.11. The van der Waals surface area contributed by atoms with E-state index < -0.39 is 17.5 Å². The molecule has 4 nitrogen and oxygen atoms in total. The molecule has 0 radical (unpaired) electrons.